The van der Waals surface area contributed by atoms with Crippen LogP contribution in [0.3, 0.4) is 0 Å². The molecule has 4 saturated heterocycles. The Balaban J connectivity index is 1.14. The summed E-state index contributed by atoms with van der Waals surface area (Å²) in [6, 6.07) is -0.978. The van der Waals surface area contributed by atoms with E-state index >= 15 is 0 Å². The molecule has 11 nitrogen and oxygen atoms in total. The Morgan fingerprint density at radius 2 is 1.75 bits per heavy atom. The van der Waals surface area contributed by atoms with Crippen LogP contribution in [0.2, 0.25) is 0 Å². The highest BCUT2D eigenvalue weighted by Crippen LogP contribution is 2.59. The molecule has 0 radical (unpaired) electrons. The zero-order valence-electron chi connectivity index (χ0n) is 27.6. The lowest BCUT2D eigenvalue weighted by molar-refractivity contribution is -0.138. The van der Waals surface area contributed by atoms with Crippen molar-refractivity contribution in [1.82, 2.24) is 15.1 Å². The average molecular weight is 618 g/mol. The molecule has 5 rings (SSSR count). The number of carbonyl (C=O) groups is 4. The first-order valence-electron chi connectivity index (χ1n) is 16.2. The van der Waals surface area contributed by atoms with Gasteiger partial charge in [-0.25, -0.2) is 4.79 Å². The average Bonchev–Trinajstić information content (AvgIpc) is 3.76. The van der Waals surface area contributed by atoms with Crippen molar-refractivity contribution in [2.24, 2.45) is 11.3 Å². The Labute approximate surface area is 261 Å². The van der Waals surface area contributed by atoms with Gasteiger partial charge in [0.25, 0.3) is 0 Å². The fraction of sp³-hybridized carbons (Fsp3) is 0.818. The van der Waals surface area contributed by atoms with Crippen molar-refractivity contribution in [3.05, 3.63) is 11.6 Å². The molecule has 9 atom stereocenters. The number of fused-ring (bicyclic) bond motifs is 2. The van der Waals surface area contributed by atoms with Crippen LogP contribution in [-0.2, 0) is 33.3 Å². The summed E-state index contributed by atoms with van der Waals surface area (Å²) in [6.07, 6.45) is 4.26. The molecule has 3 amide bonds. The van der Waals surface area contributed by atoms with E-state index in [4.69, 9.17) is 18.9 Å². The Morgan fingerprint density at radius 3 is 2.32 bits per heavy atom. The Bertz CT molecular complexity index is 1190. The van der Waals surface area contributed by atoms with Crippen molar-refractivity contribution >= 4 is 23.7 Å². The highest BCUT2D eigenvalue weighted by atomic mass is 16.6. The second-order valence-electron chi connectivity index (χ2n) is 14.9. The second kappa shape index (κ2) is 12.0. The molecular formula is C33H51N3O8. The van der Waals surface area contributed by atoms with Crippen LogP contribution in [0.15, 0.2) is 11.6 Å². The maximum Gasteiger partial charge on any atom is 0.410 e. The Hall–Kier alpha value is -2.50. The summed E-state index contributed by atoms with van der Waals surface area (Å²) < 4.78 is 24.5. The van der Waals surface area contributed by atoms with Crippen LogP contribution in [-0.4, -0.2) is 108 Å². The quantitative estimate of drug-likeness (QED) is 0.292. The number of Topliss-reactive ketones (excluding diaryl/α,β-unsaturated/α-hetero) is 1. The summed E-state index contributed by atoms with van der Waals surface area (Å²) in [4.78, 5) is 54.8. The van der Waals surface area contributed by atoms with Gasteiger partial charge in [0, 0.05) is 38.5 Å². The number of nitrogens with zero attached hydrogens (tertiary/aromatic N) is 2. The number of rotatable bonds is 10. The van der Waals surface area contributed by atoms with Gasteiger partial charge in [-0.3, -0.25) is 14.4 Å². The number of nitrogens with one attached hydrogen (secondary N) is 1. The molecule has 2 unspecified atom stereocenters. The van der Waals surface area contributed by atoms with Gasteiger partial charge in [0.15, 0.2) is 0 Å². The summed E-state index contributed by atoms with van der Waals surface area (Å²) in [6.45, 7) is 14.9. The van der Waals surface area contributed by atoms with Gasteiger partial charge >= 0.3 is 6.09 Å². The van der Waals surface area contributed by atoms with Crippen molar-refractivity contribution in [3.8, 4) is 0 Å². The normalized spacial score (nSPS) is 36.2. The van der Waals surface area contributed by atoms with Crippen LogP contribution < -0.4 is 5.32 Å². The van der Waals surface area contributed by atoms with Crippen molar-refractivity contribution in [3.63, 3.8) is 0 Å². The first kappa shape index (κ1) is 32.9. The van der Waals surface area contributed by atoms with E-state index in [0.29, 0.717) is 32.5 Å². The molecule has 0 aromatic rings. The largest absolute Gasteiger partial charge is 0.443 e. The number of hydrogen-bond donors (Lipinski definition) is 1. The molecule has 0 aromatic heterocycles. The lowest BCUT2D eigenvalue weighted by Gasteiger charge is -2.43. The van der Waals surface area contributed by atoms with E-state index in [1.54, 1.807) is 23.8 Å². The summed E-state index contributed by atoms with van der Waals surface area (Å²) in [5.74, 6) is -0.530. The monoisotopic (exact) mass is 617 g/mol. The summed E-state index contributed by atoms with van der Waals surface area (Å²) in [7, 11) is 1.67. The standard InChI is InChI=1S/C33H51N3O8/c1-19(2)9-11-25-32(7,44-25)28-27(41-8)23(13-14-33(28)18-42-33)43-30(40)36-17-21-15-22(36)16-35(21)29(39)20(3)34-26(38)12-10-24(37)31(4,5)6/h9,20-23,25,27-28H,10-18H2,1-8H3,(H,34,38)/t20-,21?,22?,23+,25+,27+,28+,32+,33-/m0/s1. The molecule has 5 fully saturated rings. The van der Waals surface area contributed by atoms with Gasteiger partial charge in [-0.15, -0.1) is 0 Å². The van der Waals surface area contributed by atoms with E-state index in [1.807, 2.05) is 20.8 Å². The molecule has 1 N–H and O–H groups in total. The van der Waals surface area contributed by atoms with E-state index in [-0.39, 0.29) is 72.3 Å². The maximum absolute atomic E-state index is 13.5. The number of ketones is 1. The van der Waals surface area contributed by atoms with Crippen LogP contribution in [0.5, 0.6) is 0 Å². The van der Waals surface area contributed by atoms with E-state index < -0.39 is 23.2 Å². The molecule has 1 aliphatic carbocycles. The minimum Gasteiger partial charge on any atom is -0.443 e. The Kier molecular flexibility index (Phi) is 8.98. The lowest BCUT2D eigenvalue weighted by Crippen LogP contribution is -2.58. The highest BCUT2D eigenvalue weighted by Gasteiger charge is 2.72. The molecule has 0 aromatic carbocycles. The molecule has 1 saturated carbocycles. The number of allylic oxidation sites excluding steroid dienone is 1. The van der Waals surface area contributed by atoms with E-state index in [1.165, 1.54) is 5.57 Å². The highest BCUT2D eigenvalue weighted by molar-refractivity contribution is 5.91. The van der Waals surface area contributed by atoms with Gasteiger partial charge in [0.05, 0.1) is 30.7 Å². The van der Waals surface area contributed by atoms with Crippen LogP contribution >= 0.6 is 0 Å². The summed E-state index contributed by atoms with van der Waals surface area (Å²) >= 11 is 0. The molecule has 44 heavy (non-hydrogen) atoms. The van der Waals surface area contributed by atoms with Crippen molar-refractivity contribution < 1.29 is 38.1 Å². The van der Waals surface area contributed by atoms with Crippen molar-refractivity contribution in [1.29, 1.82) is 0 Å². The Morgan fingerprint density at radius 1 is 1.09 bits per heavy atom. The molecule has 1 spiro atoms. The van der Waals surface area contributed by atoms with E-state index in [9.17, 15) is 19.2 Å². The number of methoxy groups -OCH3 is 1. The van der Waals surface area contributed by atoms with Gasteiger partial charge < -0.3 is 34.1 Å². The molecular weight excluding hydrogens is 566 g/mol. The van der Waals surface area contributed by atoms with Crippen LogP contribution in [0.1, 0.15) is 87.0 Å². The zero-order valence-corrected chi connectivity index (χ0v) is 27.6. The van der Waals surface area contributed by atoms with Crippen LogP contribution in [0.4, 0.5) is 4.79 Å². The number of hydrogen-bond acceptors (Lipinski definition) is 8. The predicted octanol–water partition coefficient (Wildman–Crippen LogP) is 3.38. The molecule has 246 valence electrons. The second-order valence-corrected chi connectivity index (χ2v) is 14.9. The SMILES string of the molecule is CO[C@@H]1[C@H](OC(=O)N2CC3CC2CN3C(=O)[C@H](C)NC(=O)CCC(=O)C(C)(C)C)CC[C@]2(CO2)[C@H]1[C@]1(C)O[C@@H]1CC=C(C)C. The third kappa shape index (κ3) is 6.42. The predicted molar refractivity (Wildman–Crippen MR) is 162 cm³/mol. The van der Waals surface area contributed by atoms with Gasteiger partial charge in [-0.1, -0.05) is 32.4 Å². The summed E-state index contributed by atoms with van der Waals surface area (Å²) in [5.41, 5.74) is 0.0526. The maximum atomic E-state index is 13.5. The molecule has 2 bridgehead atoms. The molecule has 4 aliphatic heterocycles. The van der Waals surface area contributed by atoms with Gasteiger partial charge in [-0.05, 0) is 53.4 Å². The smallest absolute Gasteiger partial charge is 0.410 e. The number of likely N-dealkylation sites (tertiary alicyclic amines) is 2. The van der Waals surface area contributed by atoms with Crippen molar-refractivity contribution in [2.75, 3.05) is 26.8 Å². The fourth-order valence-corrected chi connectivity index (χ4v) is 7.65. The van der Waals surface area contributed by atoms with Gasteiger partial charge in [0.2, 0.25) is 11.8 Å². The first-order chi connectivity index (χ1) is 20.6. The minimum atomic E-state index is -0.711. The third-order valence-corrected chi connectivity index (χ3v) is 10.4. The van der Waals surface area contributed by atoms with Crippen LogP contribution in [0, 0.1) is 11.3 Å². The molecule has 11 heteroatoms. The fourth-order valence-electron chi connectivity index (χ4n) is 7.65. The molecule has 5 aliphatic rings. The lowest BCUT2D eigenvalue weighted by atomic mass is 9.68. The number of epoxide rings is 2. The third-order valence-electron chi connectivity index (χ3n) is 10.4. The first-order valence-corrected chi connectivity index (χ1v) is 16.2. The zero-order chi connectivity index (χ0) is 32.2. The number of carbonyl (C=O) groups excluding carboxylic acids is 4. The van der Waals surface area contributed by atoms with Gasteiger partial charge in [-0.2, -0.15) is 0 Å². The number of piperazine rings is 1. The topological polar surface area (TPSA) is 130 Å². The summed E-state index contributed by atoms with van der Waals surface area (Å²) in [5, 5.41) is 2.75. The van der Waals surface area contributed by atoms with E-state index in [2.05, 4.69) is 32.2 Å². The van der Waals surface area contributed by atoms with Crippen molar-refractivity contribution in [2.45, 2.75) is 135 Å². The number of ether oxygens (including phenoxy) is 4. The van der Waals surface area contributed by atoms with E-state index in [0.717, 1.165) is 12.8 Å². The number of amides is 3. The van der Waals surface area contributed by atoms with Crippen LogP contribution in [0.25, 0.3) is 0 Å². The minimum absolute atomic E-state index is 0.00939. The molecule has 4 heterocycles. The van der Waals surface area contributed by atoms with Gasteiger partial charge in [0.1, 0.15) is 35.2 Å².